The van der Waals surface area contributed by atoms with Crippen molar-refractivity contribution in [1.29, 1.82) is 0 Å². The number of H-pyrrole nitrogens is 1. The van der Waals surface area contributed by atoms with Gasteiger partial charge in [-0.3, -0.25) is 4.79 Å². The molecule has 1 aliphatic heterocycles. The molecule has 3 N–H and O–H groups in total. The predicted octanol–water partition coefficient (Wildman–Crippen LogP) is 8.24. The van der Waals surface area contributed by atoms with Gasteiger partial charge in [-0.25, -0.2) is 4.39 Å². The van der Waals surface area contributed by atoms with Crippen LogP contribution < -0.4 is 10.6 Å². The van der Waals surface area contributed by atoms with E-state index in [1.54, 1.807) is 26.8 Å². The van der Waals surface area contributed by atoms with Gasteiger partial charge in [0.15, 0.2) is 5.88 Å². The predicted molar refractivity (Wildman–Crippen MR) is 135 cm³/mol. The van der Waals surface area contributed by atoms with E-state index in [0.29, 0.717) is 16.6 Å². The molecule has 1 amide bonds. The number of benzene rings is 1. The number of hydrogen-bond acceptors (Lipinski definition) is 3. The van der Waals surface area contributed by atoms with Crippen LogP contribution in [-0.2, 0) is 15.7 Å². The minimum atomic E-state index is -4.75. The van der Waals surface area contributed by atoms with Crippen molar-refractivity contribution in [1.82, 2.24) is 4.98 Å². The zero-order chi connectivity index (χ0) is 26.7. The molecule has 0 spiro atoms. The Balaban J connectivity index is 0.00000210. The maximum atomic E-state index is 14.2. The van der Waals surface area contributed by atoms with Crippen molar-refractivity contribution in [2.45, 2.75) is 66.7 Å². The van der Waals surface area contributed by atoms with Crippen LogP contribution in [0.2, 0.25) is 0 Å². The Hall–Kier alpha value is -2.75. The van der Waals surface area contributed by atoms with Gasteiger partial charge in [0.1, 0.15) is 17.0 Å². The topological polar surface area (TPSA) is 66.2 Å². The Morgan fingerprint density at radius 3 is 2.37 bits per heavy atom. The van der Waals surface area contributed by atoms with Crippen LogP contribution in [0.5, 0.6) is 0 Å². The second kappa shape index (κ2) is 10.9. The molecule has 2 aromatic rings. The van der Waals surface area contributed by atoms with E-state index in [1.165, 1.54) is 13.0 Å². The summed E-state index contributed by atoms with van der Waals surface area (Å²) in [5.74, 6) is -1.07. The highest BCUT2D eigenvalue weighted by atomic mass is 79.9. The van der Waals surface area contributed by atoms with E-state index < -0.39 is 29.1 Å². The van der Waals surface area contributed by atoms with Crippen molar-refractivity contribution >= 4 is 44.9 Å². The van der Waals surface area contributed by atoms with Crippen molar-refractivity contribution in [3.63, 3.8) is 0 Å². The van der Waals surface area contributed by atoms with Crippen LogP contribution in [0.25, 0.3) is 11.6 Å². The van der Waals surface area contributed by atoms with Crippen molar-refractivity contribution in [2.24, 2.45) is 0 Å². The molecule has 1 aliphatic rings. The number of nitrogens with one attached hydrogen (secondary N) is 3. The van der Waals surface area contributed by atoms with E-state index in [9.17, 15) is 22.4 Å². The van der Waals surface area contributed by atoms with E-state index in [1.807, 2.05) is 20.8 Å². The lowest BCUT2D eigenvalue weighted by molar-refractivity contribution is -0.137. The number of amides is 1. The Morgan fingerprint density at radius 2 is 1.83 bits per heavy atom. The molecule has 2 heterocycles. The maximum absolute atomic E-state index is 14.2. The zero-order valence-electron chi connectivity index (χ0n) is 20.7. The molecule has 35 heavy (non-hydrogen) atoms. The summed E-state index contributed by atoms with van der Waals surface area (Å²) in [6.45, 7) is 12.7. The largest absolute Gasteiger partial charge is 0.474 e. The second-order valence-electron chi connectivity index (χ2n) is 8.55. The Morgan fingerprint density at radius 1 is 1.20 bits per heavy atom. The summed E-state index contributed by atoms with van der Waals surface area (Å²) in [4.78, 5) is 15.2. The SMILES string of the molecule is CC.CC/C=C(\Nc1c(C)[nH]c(/C=C2\C(=O)Nc3c(Br)cc(F)cc32)c1C(F)(F)F)OC(C)(C)C. The lowest BCUT2D eigenvalue weighted by Crippen LogP contribution is -2.22. The number of halogens is 5. The number of alkyl halides is 3. The van der Waals surface area contributed by atoms with Gasteiger partial charge >= 0.3 is 6.18 Å². The fourth-order valence-electron chi connectivity index (χ4n) is 3.47. The molecular formula is C25H30BrF4N3O2. The van der Waals surface area contributed by atoms with Crippen molar-refractivity contribution < 1.29 is 27.1 Å². The smallest absolute Gasteiger partial charge is 0.420 e. The Bertz CT molecular complexity index is 1160. The van der Waals surface area contributed by atoms with Gasteiger partial charge in [-0.2, -0.15) is 13.2 Å². The van der Waals surface area contributed by atoms with Crippen LogP contribution in [0.4, 0.5) is 28.9 Å². The first-order chi connectivity index (χ1) is 16.2. The van der Waals surface area contributed by atoms with Crippen LogP contribution in [0.3, 0.4) is 0 Å². The molecular weight excluding hydrogens is 530 g/mol. The van der Waals surface area contributed by atoms with Crippen molar-refractivity contribution in [2.75, 3.05) is 10.6 Å². The van der Waals surface area contributed by atoms with Crippen molar-refractivity contribution in [3.8, 4) is 0 Å². The molecule has 0 atom stereocenters. The third-order valence-electron chi connectivity index (χ3n) is 4.67. The summed E-state index contributed by atoms with van der Waals surface area (Å²) in [5, 5.41) is 5.32. The van der Waals surface area contributed by atoms with E-state index in [4.69, 9.17) is 4.74 Å². The van der Waals surface area contributed by atoms with Gasteiger partial charge in [0.25, 0.3) is 5.91 Å². The third-order valence-corrected chi connectivity index (χ3v) is 5.30. The molecule has 1 aromatic carbocycles. The highest BCUT2D eigenvalue weighted by Crippen LogP contribution is 2.44. The Labute approximate surface area is 211 Å². The summed E-state index contributed by atoms with van der Waals surface area (Å²) in [6, 6.07) is 2.27. The molecule has 0 saturated carbocycles. The van der Waals surface area contributed by atoms with Gasteiger partial charge in [0.2, 0.25) is 0 Å². The van der Waals surface area contributed by atoms with Crippen LogP contribution in [0, 0.1) is 12.7 Å². The average Bonchev–Trinajstić information content (AvgIpc) is 3.19. The highest BCUT2D eigenvalue weighted by molar-refractivity contribution is 9.10. The van der Waals surface area contributed by atoms with Crippen molar-refractivity contribution in [3.05, 3.63) is 56.9 Å². The highest BCUT2D eigenvalue weighted by Gasteiger charge is 2.39. The van der Waals surface area contributed by atoms with Crippen LogP contribution in [0.1, 0.15) is 70.5 Å². The molecule has 10 heteroatoms. The number of rotatable bonds is 5. The number of aromatic nitrogens is 1. The molecule has 5 nitrogen and oxygen atoms in total. The monoisotopic (exact) mass is 559 g/mol. The summed E-state index contributed by atoms with van der Waals surface area (Å²) in [6.07, 6.45) is -1.48. The number of hydrogen-bond donors (Lipinski definition) is 3. The first-order valence-corrected chi connectivity index (χ1v) is 12.0. The van der Waals surface area contributed by atoms with Gasteiger partial charge in [-0.15, -0.1) is 0 Å². The standard InChI is InChI=1S/C23H24BrF4N3O2.C2H6/c1-6-7-17(33-22(3,4)5)30-19-11(2)29-16(18(19)23(26,27)28)10-14-13-8-12(25)9-15(24)20(13)31-21(14)32;1-2/h7-10,29-30H,6H2,1-5H3,(H,31,32);1-2H3/b14-10-,17-7+;. The lowest BCUT2D eigenvalue weighted by atomic mass is 10.0. The lowest BCUT2D eigenvalue weighted by Gasteiger charge is -2.25. The molecule has 0 radical (unpaired) electrons. The molecule has 0 saturated heterocycles. The number of anilines is 2. The minimum Gasteiger partial charge on any atom is -0.474 e. The normalized spacial score (nSPS) is 14.9. The average molecular weight is 560 g/mol. The number of allylic oxidation sites excluding steroid dienone is 1. The number of ether oxygens (including phenoxy) is 1. The van der Waals surface area contributed by atoms with Crippen LogP contribution in [0.15, 0.2) is 28.6 Å². The van der Waals surface area contributed by atoms with Gasteiger partial charge in [-0.1, -0.05) is 20.8 Å². The molecule has 1 aromatic heterocycles. The fourth-order valence-corrected chi connectivity index (χ4v) is 4.00. The van der Waals surface area contributed by atoms with Gasteiger partial charge in [-0.05, 0) is 74.3 Å². The van der Waals surface area contributed by atoms with E-state index in [-0.39, 0.29) is 34.1 Å². The number of fused-ring (bicyclic) bond motifs is 1. The van der Waals surface area contributed by atoms with E-state index >= 15 is 0 Å². The van der Waals surface area contributed by atoms with E-state index in [0.717, 1.165) is 12.1 Å². The molecule has 3 rings (SSSR count). The van der Waals surface area contributed by atoms with Crippen LogP contribution in [-0.4, -0.2) is 16.5 Å². The maximum Gasteiger partial charge on any atom is 0.420 e. The molecule has 0 fully saturated rings. The quantitative estimate of drug-likeness (QED) is 0.196. The summed E-state index contributed by atoms with van der Waals surface area (Å²) in [7, 11) is 0. The van der Waals surface area contributed by atoms with Gasteiger partial charge < -0.3 is 20.4 Å². The summed E-state index contributed by atoms with van der Waals surface area (Å²) in [5.41, 5.74) is -1.57. The summed E-state index contributed by atoms with van der Waals surface area (Å²) < 4.78 is 62.5. The third kappa shape index (κ3) is 6.68. The number of carbonyl (C=O) groups is 1. The van der Waals surface area contributed by atoms with Gasteiger partial charge in [0.05, 0.1) is 22.6 Å². The molecule has 192 valence electrons. The van der Waals surface area contributed by atoms with E-state index in [2.05, 4.69) is 31.5 Å². The number of carbonyl (C=O) groups excluding carboxylic acids is 1. The number of aryl methyl sites for hydroxylation is 1. The Kier molecular flexibility index (Phi) is 8.86. The molecule has 0 unspecified atom stereocenters. The fraction of sp³-hybridized carbons (Fsp3) is 0.400. The van der Waals surface area contributed by atoms with Crippen LogP contribution >= 0.6 is 15.9 Å². The first-order valence-electron chi connectivity index (χ1n) is 11.2. The zero-order valence-corrected chi connectivity index (χ0v) is 22.3. The second-order valence-corrected chi connectivity index (χ2v) is 9.40. The summed E-state index contributed by atoms with van der Waals surface area (Å²) >= 11 is 3.17. The molecule has 0 bridgehead atoms. The minimum absolute atomic E-state index is 0.0845. The molecule has 0 aliphatic carbocycles. The number of aromatic amines is 1. The first kappa shape index (κ1) is 28.5. The van der Waals surface area contributed by atoms with Gasteiger partial charge in [0, 0.05) is 15.7 Å².